The van der Waals surface area contributed by atoms with Crippen molar-refractivity contribution in [1.82, 2.24) is 4.90 Å². The molecule has 0 aromatic heterocycles. The van der Waals surface area contributed by atoms with Crippen molar-refractivity contribution in [3.05, 3.63) is 35.4 Å². The van der Waals surface area contributed by atoms with Gasteiger partial charge in [-0.15, -0.1) is 0 Å². The van der Waals surface area contributed by atoms with Crippen LogP contribution in [-0.4, -0.2) is 23.4 Å². The molecule has 0 radical (unpaired) electrons. The van der Waals surface area contributed by atoms with Crippen molar-refractivity contribution in [3.63, 3.8) is 0 Å². The second-order valence-corrected chi connectivity index (χ2v) is 5.46. The Morgan fingerprint density at radius 1 is 1.33 bits per heavy atom. The highest BCUT2D eigenvalue weighted by atomic mass is 15.4. The van der Waals surface area contributed by atoms with E-state index >= 15 is 0 Å². The standard InChI is InChI=1S/C15H23N3/c1-5-12-6-8-13(9-7-12)15(4)10-17-14(16)18(15)11(2)3/h6-9,11H,5,10H2,1-4H3,(H2,16,17). The van der Waals surface area contributed by atoms with Crippen molar-refractivity contribution in [1.29, 1.82) is 0 Å². The van der Waals surface area contributed by atoms with Crippen LogP contribution in [0.2, 0.25) is 0 Å². The maximum absolute atomic E-state index is 6.02. The average Bonchev–Trinajstić information content (AvgIpc) is 2.66. The van der Waals surface area contributed by atoms with E-state index in [0.29, 0.717) is 12.0 Å². The second kappa shape index (κ2) is 4.63. The van der Waals surface area contributed by atoms with Crippen molar-refractivity contribution in [2.75, 3.05) is 6.54 Å². The van der Waals surface area contributed by atoms with Crippen LogP contribution in [0.15, 0.2) is 29.3 Å². The van der Waals surface area contributed by atoms with Gasteiger partial charge in [-0.1, -0.05) is 31.2 Å². The largest absolute Gasteiger partial charge is 0.370 e. The lowest BCUT2D eigenvalue weighted by molar-refractivity contribution is 0.185. The van der Waals surface area contributed by atoms with E-state index in [1.54, 1.807) is 0 Å². The lowest BCUT2D eigenvalue weighted by Crippen LogP contribution is -2.51. The SMILES string of the molecule is CCc1ccc(C2(C)CN=C(N)N2C(C)C)cc1. The molecule has 1 aliphatic rings. The number of hydrogen-bond acceptors (Lipinski definition) is 3. The van der Waals surface area contributed by atoms with Crippen LogP contribution in [0, 0.1) is 0 Å². The van der Waals surface area contributed by atoms with Gasteiger partial charge in [0.15, 0.2) is 5.96 Å². The molecule has 1 unspecified atom stereocenters. The molecule has 1 aromatic carbocycles. The first-order valence-corrected chi connectivity index (χ1v) is 6.67. The normalized spacial score (nSPS) is 23.6. The predicted molar refractivity (Wildman–Crippen MR) is 76.6 cm³/mol. The first-order chi connectivity index (χ1) is 8.49. The Balaban J connectivity index is 2.35. The molecule has 1 aromatic rings. The zero-order chi connectivity index (χ0) is 13.3. The molecule has 3 heteroatoms. The lowest BCUT2D eigenvalue weighted by Gasteiger charge is -2.39. The summed E-state index contributed by atoms with van der Waals surface area (Å²) in [5, 5.41) is 0. The van der Waals surface area contributed by atoms with Gasteiger partial charge in [0.2, 0.25) is 0 Å². The van der Waals surface area contributed by atoms with Gasteiger partial charge in [0.25, 0.3) is 0 Å². The Morgan fingerprint density at radius 2 is 1.94 bits per heavy atom. The third-order valence-corrected chi connectivity index (χ3v) is 3.83. The van der Waals surface area contributed by atoms with Crippen molar-refractivity contribution >= 4 is 5.96 Å². The molecule has 2 rings (SSSR count). The topological polar surface area (TPSA) is 41.6 Å². The zero-order valence-electron chi connectivity index (χ0n) is 11.8. The van der Waals surface area contributed by atoms with E-state index in [1.165, 1.54) is 11.1 Å². The zero-order valence-corrected chi connectivity index (χ0v) is 11.8. The highest BCUT2D eigenvalue weighted by Crippen LogP contribution is 2.34. The van der Waals surface area contributed by atoms with E-state index in [2.05, 4.69) is 61.9 Å². The Labute approximate surface area is 110 Å². The van der Waals surface area contributed by atoms with Crippen LogP contribution in [0.3, 0.4) is 0 Å². The summed E-state index contributed by atoms with van der Waals surface area (Å²) in [6.07, 6.45) is 1.07. The number of nitrogens with two attached hydrogens (primary N) is 1. The van der Waals surface area contributed by atoms with E-state index in [4.69, 9.17) is 5.73 Å². The van der Waals surface area contributed by atoms with E-state index < -0.39 is 0 Å². The summed E-state index contributed by atoms with van der Waals surface area (Å²) in [7, 11) is 0. The minimum Gasteiger partial charge on any atom is -0.370 e. The highest BCUT2D eigenvalue weighted by Gasteiger charge is 2.40. The van der Waals surface area contributed by atoms with Gasteiger partial charge in [-0.25, -0.2) is 0 Å². The van der Waals surface area contributed by atoms with E-state index in [1.807, 2.05) is 0 Å². The number of hydrogen-bond donors (Lipinski definition) is 1. The molecule has 0 amide bonds. The van der Waals surface area contributed by atoms with Gasteiger partial charge in [-0.3, -0.25) is 4.99 Å². The van der Waals surface area contributed by atoms with Gasteiger partial charge in [-0.2, -0.15) is 0 Å². The Bertz CT molecular complexity index is 447. The van der Waals surface area contributed by atoms with Crippen molar-refractivity contribution in [2.24, 2.45) is 10.7 Å². The molecule has 18 heavy (non-hydrogen) atoms. The fraction of sp³-hybridized carbons (Fsp3) is 0.533. The maximum Gasteiger partial charge on any atom is 0.192 e. The van der Waals surface area contributed by atoms with Gasteiger partial charge in [0, 0.05) is 6.04 Å². The average molecular weight is 245 g/mol. The molecular formula is C15H23N3. The van der Waals surface area contributed by atoms with Crippen molar-refractivity contribution in [3.8, 4) is 0 Å². The molecule has 0 saturated heterocycles. The fourth-order valence-corrected chi connectivity index (χ4v) is 2.80. The first-order valence-electron chi connectivity index (χ1n) is 6.67. The van der Waals surface area contributed by atoms with Gasteiger partial charge >= 0.3 is 0 Å². The quantitative estimate of drug-likeness (QED) is 0.889. The molecule has 0 spiro atoms. The Morgan fingerprint density at radius 3 is 2.44 bits per heavy atom. The second-order valence-electron chi connectivity index (χ2n) is 5.46. The van der Waals surface area contributed by atoms with Gasteiger partial charge in [0.05, 0.1) is 12.1 Å². The molecule has 0 aliphatic carbocycles. The third kappa shape index (κ3) is 1.98. The molecule has 0 saturated carbocycles. The van der Waals surface area contributed by atoms with E-state index in [0.717, 1.165) is 13.0 Å². The number of aliphatic imine (C=N–C) groups is 1. The third-order valence-electron chi connectivity index (χ3n) is 3.83. The summed E-state index contributed by atoms with van der Waals surface area (Å²) in [5.74, 6) is 0.659. The van der Waals surface area contributed by atoms with Crippen LogP contribution in [0.5, 0.6) is 0 Å². The summed E-state index contributed by atoms with van der Waals surface area (Å²) < 4.78 is 0. The lowest BCUT2D eigenvalue weighted by atomic mass is 9.89. The summed E-state index contributed by atoms with van der Waals surface area (Å²) >= 11 is 0. The number of rotatable bonds is 3. The predicted octanol–water partition coefficient (Wildman–Crippen LogP) is 2.50. The number of nitrogens with zero attached hydrogens (tertiary/aromatic N) is 2. The van der Waals surface area contributed by atoms with E-state index in [-0.39, 0.29) is 5.54 Å². The van der Waals surface area contributed by atoms with E-state index in [9.17, 15) is 0 Å². The molecule has 1 aliphatic heterocycles. The fourth-order valence-electron chi connectivity index (χ4n) is 2.80. The monoisotopic (exact) mass is 245 g/mol. The highest BCUT2D eigenvalue weighted by molar-refractivity contribution is 5.81. The summed E-state index contributed by atoms with van der Waals surface area (Å²) in [5.41, 5.74) is 8.57. The molecule has 0 bridgehead atoms. The summed E-state index contributed by atoms with van der Waals surface area (Å²) in [6, 6.07) is 9.18. The number of guanidine groups is 1. The molecule has 1 heterocycles. The molecule has 2 N–H and O–H groups in total. The maximum atomic E-state index is 6.02. The summed E-state index contributed by atoms with van der Waals surface area (Å²) in [6.45, 7) is 9.45. The van der Waals surface area contributed by atoms with Crippen LogP contribution in [0.4, 0.5) is 0 Å². The summed E-state index contributed by atoms with van der Waals surface area (Å²) in [4.78, 5) is 6.65. The van der Waals surface area contributed by atoms with Crippen molar-refractivity contribution in [2.45, 2.75) is 45.7 Å². The molecule has 3 nitrogen and oxygen atoms in total. The van der Waals surface area contributed by atoms with Gasteiger partial charge < -0.3 is 10.6 Å². The smallest absolute Gasteiger partial charge is 0.192 e. The molecule has 0 fully saturated rings. The number of aryl methyl sites for hydroxylation is 1. The minimum absolute atomic E-state index is 0.107. The van der Waals surface area contributed by atoms with Crippen molar-refractivity contribution < 1.29 is 0 Å². The number of benzene rings is 1. The van der Waals surface area contributed by atoms with Gasteiger partial charge in [0.1, 0.15) is 0 Å². The van der Waals surface area contributed by atoms with Gasteiger partial charge in [-0.05, 0) is 38.3 Å². The van der Waals surface area contributed by atoms with Crippen LogP contribution < -0.4 is 5.73 Å². The molecular weight excluding hydrogens is 222 g/mol. The van der Waals surface area contributed by atoms with Crippen LogP contribution in [-0.2, 0) is 12.0 Å². The molecule has 1 atom stereocenters. The molecule has 98 valence electrons. The van der Waals surface area contributed by atoms with Crippen LogP contribution >= 0.6 is 0 Å². The minimum atomic E-state index is -0.107. The Hall–Kier alpha value is -1.51. The first kappa shape index (κ1) is 12.9. The van der Waals surface area contributed by atoms with Crippen LogP contribution in [0.25, 0.3) is 0 Å². The Kier molecular flexibility index (Phi) is 3.33. The van der Waals surface area contributed by atoms with Crippen LogP contribution in [0.1, 0.15) is 38.8 Å².